The van der Waals surface area contributed by atoms with Crippen LogP contribution in [0.4, 0.5) is 0 Å². The third-order valence-corrected chi connectivity index (χ3v) is 3.76. The Balaban J connectivity index is 1.71. The van der Waals surface area contributed by atoms with Crippen molar-refractivity contribution in [3.63, 3.8) is 0 Å². The van der Waals surface area contributed by atoms with E-state index >= 15 is 0 Å². The van der Waals surface area contributed by atoms with Gasteiger partial charge in [0.15, 0.2) is 0 Å². The minimum Gasteiger partial charge on any atom is -0.349 e. The highest BCUT2D eigenvalue weighted by Gasteiger charge is 2.22. The number of rotatable bonds is 5. The number of hydrogen-bond donors (Lipinski definition) is 2. The van der Waals surface area contributed by atoms with Gasteiger partial charge in [0.2, 0.25) is 0 Å². The van der Waals surface area contributed by atoms with E-state index in [1.807, 2.05) is 12.4 Å². The largest absolute Gasteiger partial charge is 0.349 e. The summed E-state index contributed by atoms with van der Waals surface area (Å²) in [6, 6.07) is 0.744. The summed E-state index contributed by atoms with van der Waals surface area (Å²) >= 11 is 0. The van der Waals surface area contributed by atoms with Crippen molar-refractivity contribution < 1.29 is 0 Å². The zero-order valence-electron chi connectivity index (χ0n) is 10.2. The van der Waals surface area contributed by atoms with Gasteiger partial charge in [-0.3, -0.25) is 0 Å². The first-order valence-electron chi connectivity index (χ1n) is 6.61. The second-order valence-electron chi connectivity index (χ2n) is 4.80. The molecular formula is C13H23N3. The fourth-order valence-corrected chi connectivity index (χ4v) is 2.78. The smallest absolute Gasteiger partial charge is 0.107 e. The quantitative estimate of drug-likeness (QED) is 0.802. The molecule has 0 bridgehead atoms. The van der Waals surface area contributed by atoms with Crippen LogP contribution in [0.15, 0.2) is 12.4 Å². The lowest BCUT2D eigenvalue weighted by Crippen LogP contribution is -2.39. The first-order valence-corrected chi connectivity index (χ1v) is 6.61. The number of imidazole rings is 1. The number of nitrogens with one attached hydrogen (secondary N) is 2. The normalized spacial score (nSPS) is 25.8. The molecule has 16 heavy (non-hydrogen) atoms. The molecule has 90 valence electrons. The Labute approximate surface area is 98.1 Å². The van der Waals surface area contributed by atoms with Crippen LogP contribution in [0.1, 0.15) is 44.9 Å². The van der Waals surface area contributed by atoms with Crippen molar-refractivity contribution in [2.75, 3.05) is 6.54 Å². The SMILES string of the molecule is CCC1CCCCC1NCCc1ncc[nH]1. The van der Waals surface area contributed by atoms with Crippen LogP contribution in [0.2, 0.25) is 0 Å². The number of aromatic nitrogens is 2. The molecule has 1 saturated carbocycles. The first-order chi connectivity index (χ1) is 7.90. The Bertz CT molecular complexity index is 281. The van der Waals surface area contributed by atoms with Gasteiger partial charge in [0.05, 0.1) is 0 Å². The molecule has 1 fully saturated rings. The summed E-state index contributed by atoms with van der Waals surface area (Å²) in [6.07, 6.45) is 11.6. The van der Waals surface area contributed by atoms with E-state index in [-0.39, 0.29) is 0 Å². The van der Waals surface area contributed by atoms with Gasteiger partial charge in [-0.15, -0.1) is 0 Å². The Morgan fingerprint density at radius 1 is 1.44 bits per heavy atom. The van der Waals surface area contributed by atoms with Crippen molar-refractivity contribution >= 4 is 0 Å². The lowest BCUT2D eigenvalue weighted by atomic mass is 9.83. The second-order valence-corrected chi connectivity index (χ2v) is 4.80. The van der Waals surface area contributed by atoms with Gasteiger partial charge in [-0.25, -0.2) is 4.98 Å². The predicted octanol–water partition coefficient (Wildman–Crippen LogP) is 2.51. The van der Waals surface area contributed by atoms with Crippen LogP contribution >= 0.6 is 0 Å². The van der Waals surface area contributed by atoms with Crippen LogP contribution < -0.4 is 5.32 Å². The van der Waals surface area contributed by atoms with Gasteiger partial charge < -0.3 is 10.3 Å². The third kappa shape index (κ3) is 3.08. The summed E-state index contributed by atoms with van der Waals surface area (Å²) in [5, 5.41) is 3.70. The Morgan fingerprint density at radius 3 is 3.06 bits per heavy atom. The maximum Gasteiger partial charge on any atom is 0.107 e. The standard InChI is InChI=1S/C13H23N3/c1-2-11-5-3-4-6-12(11)14-8-7-13-15-9-10-16-13/h9-12,14H,2-8H2,1H3,(H,15,16). The molecule has 0 radical (unpaired) electrons. The molecule has 1 aliphatic carbocycles. The Kier molecular flexibility index (Phi) is 4.40. The summed E-state index contributed by atoms with van der Waals surface area (Å²) in [7, 11) is 0. The van der Waals surface area contributed by atoms with E-state index in [0.29, 0.717) is 0 Å². The van der Waals surface area contributed by atoms with E-state index < -0.39 is 0 Å². The maximum absolute atomic E-state index is 4.24. The van der Waals surface area contributed by atoms with Crippen molar-refractivity contribution in [3.8, 4) is 0 Å². The first kappa shape index (κ1) is 11.6. The van der Waals surface area contributed by atoms with E-state index in [0.717, 1.165) is 30.7 Å². The monoisotopic (exact) mass is 221 g/mol. The summed E-state index contributed by atoms with van der Waals surface area (Å²) in [4.78, 5) is 7.39. The molecule has 1 aromatic rings. The minimum absolute atomic E-state index is 0.744. The van der Waals surface area contributed by atoms with Gasteiger partial charge in [-0.05, 0) is 18.8 Å². The number of H-pyrrole nitrogens is 1. The number of nitrogens with zero attached hydrogens (tertiary/aromatic N) is 1. The minimum atomic E-state index is 0.744. The van der Waals surface area contributed by atoms with Crippen LogP contribution in [0, 0.1) is 5.92 Å². The lowest BCUT2D eigenvalue weighted by molar-refractivity contribution is 0.257. The molecule has 0 aromatic carbocycles. The molecule has 1 heterocycles. The van der Waals surface area contributed by atoms with E-state index in [4.69, 9.17) is 0 Å². The number of hydrogen-bond acceptors (Lipinski definition) is 2. The van der Waals surface area contributed by atoms with Crippen molar-refractivity contribution in [2.45, 2.75) is 51.5 Å². The molecule has 2 unspecified atom stereocenters. The van der Waals surface area contributed by atoms with Crippen molar-refractivity contribution in [2.24, 2.45) is 5.92 Å². The van der Waals surface area contributed by atoms with E-state index in [1.165, 1.54) is 32.1 Å². The van der Waals surface area contributed by atoms with Crippen LogP contribution in [-0.2, 0) is 6.42 Å². The van der Waals surface area contributed by atoms with Crippen LogP contribution in [0.3, 0.4) is 0 Å². The molecule has 1 aliphatic rings. The Morgan fingerprint density at radius 2 is 2.31 bits per heavy atom. The average molecular weight is 221 g/mol. The van der Waals surface area contributed by atoms with Crippen molar-refractivity contribution in [1.82, 2.24) is 15.3 Å². The molecule has 0 saturated heterocycles. The van der Waals surface area contributed by atoms with Crippen molar-refractivity contribution in [1.29, 1.82) is 0 Å². The van der Waals surface area contributed by atoms with Gasteiger partial charge in [0.25, 0.3) is 0 Å². The average Bonchev–Trinajstić information content (AvgIpc) is 2.83. The topological polar surface area (TPSA) is 40.7 Å². The summed E-state index contributed by atoms with van der Waals surface area (Å²) in [6.45, 7) is 3.37. The molecule has 3 heteroatoms. The van der Waals surface area contributed by atoms with Gasteiger partial charge in [0.1, 0.15) is 5.82 Å². The summed E-state index contributed by atoms with van der Waals surface area (Å²) in [5.41, 5.74) is 0. The summed E-state index contributed by atoms with van der Waals surface area (Å²) < 4.78 is 0. The predicted molar refractivity (Wildman–Crippen MR) is 66.3 cm³/mol. The molecule has 0 amide bonds. The van der Waals surface area contributed by atoms with E-state index in [1.54, 1.807) is 0 Å². The van der Waals surface area contributed by atoms with Crippen LogP contribution in [0.25, 0.3) is 0 Å². The fourth-order valence-electron chi connectivity index (χ4n) is 2.78. The molecule has 1 aromatic heterocycles. The van der Waals surface area contributed by atoms with Crippen LogP contribution in [-0.4, -0.2) is 22.6 Å². The Hall–Kier alpha value is -0.830. The molecule has 2 atom stereocenters. The lowest BCUT2D eigenvalue weighted by Gasteiger charge is -2.31. The molecule has 0 spiro atoms. The zero-order chi connectivity index (χ0) is 11.2. The van der Waals surface area contributed by atoms with Gasteiger partial charge in [-0.2, -0.15) is 0 Å². The highest BCUT2D eigenvalue weighted by atomic mass is 14.9. The number of aromatic amines is 1. The van der Waals surface area contributed by atoms with Crippen LogP contribution in [0.5, 0.6) is 0 Å². The summed E-state index contributed by atoms with van der Waals surface area (Å²) in [5.74, 6) is 1.99. The highest BCUT2D eigenvalue weighted by Crippen LogP contribution is 2.26. The second kappa shape index (κ2) is 6.04. The van der Waals surface area contributed by atoms with Crippen molar-refractivity contribution in [3.05, 3.63) is 18.2 Å². The highest BCUT2D eigenvalue weighted by molar-refractivity contribution is 4.88. The molecular weight excluding hydrogens is 198 g/mol. The molecule has 0 aliphatic heterocycles. The fraction of sp³-hybridized carbons (Fsp3) is 0.769. The molecule has 3 nitrogen and oxygen atoms in total. The van der Waals surface area contributed by atoms with Gasteiger partial charge in [-0.1, -0.05) is 26.2 Å². The third-order valence-electron chi connectivity index (χ3n) is 3.76. The maximum atomic E-state index is 4.24. The van der Waals surface area contributed by atoms with Gasteiger partial charge >= 0.3 is 0 Å². The zero-order valence-corrected chi connectivity index (χ0v) is 10.2. The van der Waals surface area contributed by atoms with E-state index in [2.05, 4.69) is 22.2 Å². The van der Waals surface area contributed by atoms with Gasteiger partial charge in [0, 0.05) is 31.4 Å². The molecule has 2 N–H and O–H groups in total. The van der Waals surface area contributed by atoms with E-state index in [9.17, 15) is 0 Å². The molecule has 2 rings (SSSR count).